The van der Waals surface area contributed by atoms with E-state index < -0.39 is 13.1 Å². The summed E-state index contributed by atoms with van der Waals surface area (Å²) in [6.07, 6.45) is 0. The third-order valence-electron chi connectivity index (χ3n) is 1.76. The van der Waals surface area contributed by atoms with Gasteiger partial charge in [-0.05, 0) is 17.6 Å². The summed E-state index contributed by atoms with van der Waals surface area (Å²) in [6.45, 7) is -0.169. The number of rotatable bonds is 4. The van der Waals surface area contributed by atoms with Crippen molar-refractivity contribution in [3.8, 4) is 5.75 Å². The zero-order valence-electron chi connectivity index (χ0n) is 8.21. The Morgan fingerprint density at radius 1 is 1.33 bits per heavy atom. The van der Waals surface area contributed by atoms with Gasteiger partial charge >= 0.3 is 13.1 Å². The first-order valence-corrected chi connectivity index (χ1v) is 4.29. The fourth-order valence-corrected chi connectivity index (χ4v) is 0.937. The fraction of sp³-hybridized carbons (Fsp3) is 0.222. The molecule has 0 amide bonds. The van der Waals surface area contributed by atoms with Gasteiger partial charge in [-0.25, -0.2) is 4.79 Å². The molecule has 0 aliphatic carbocycles. The van der Waals surface area contributed by atoms with Gasteiger partial charge < -0.3 is 19.5 Å². The molecule has 0 radical (unpaired) electrons. The average molecular weight is 210 g/mol. The standard InChI is InChI=1S/C9H11BO5/c1-14-9(11)6-15-8-4-2-7(3-5-8)10(12)13/h2-5,12-13H,6H2,1H3. The van der Waals surface area contributed by atoms with Crippen molar-refractivity contribution in [1.82, 2.24) is 0 Å². The van der Waals surface area contributed by atoms with Crippen LogP contribution in [0.2, 0.25) is 0 Å². The van der Waals surface area contributed by atoms with Crippen molar-refractivity contribution in [3.05, 3.63) is 24.3 Å². The van der Waals surface area contributed by atoms with E-state index in [1.807, 2.05) is 0 Å². The second-order valence-electron chi connectivity index (χ2n) is 2.81. The SMILES string of the molecule is COC(=O)COc1ccc(B(O)O)cc1. The van der Waals surface area contributed by atoms with Crippen LogP contribution < -0.4 is 10.2 Å². The minimum Gasteiger partial charge on any atom is -0.482 e. The number of methoxy groups -OCH3 is 1. The predicted molar refractivity (Wildman–Crippen MR) is 53.8 cm³/mol. The predicted octanol–water partition coefficient (Wildman–Crippen LogP) is -1.08. The zero-order chi connectivity index (χ0) is 11.3. The van der Waals surface area contributed by atoms with E-state index in [1.54, 1.807) is 0 Å². The second-order valence-corrected chi connectivity index (χ2v) is 2.81. The Balaban J connectivity index is 2.53. The van der Waals surface area contributed by atoms with Crippen LogP contribution in [0.4, 0.5) is 0 Å². The lowest BCUT2D eigenvalue weighted by atomic mass is 9.80. The monoisotopic (exact) mass is 210 g/mol. The number of benzene rings is 1. The maximum absolute atomic E-state index is 10.7. The number of carbonyl (C=O) groups excluding carboxylic acids is 1. The van der Waals surface area contributed by atoms with Gasteiger partial charge in [0.2, 0.25) is 0 Å². The lowest BCUT2D eigenvalue weighted by Gasteiger charge is -2.05. The van der Waals surface area contributed by atoms with Crippen molar-refractivity contribution in [3.63, 3.8) is 0 Å². The molecule has 0 unspecified atom stereocenters. The van der Waals surface area contributed by atoms with Gasteiger partial charge in [0, 0.05) is 0 Å². The molecule has 0 atom stereocenters. The third-order valence-corrected chi connectivity index (χ3v) is 1.76. The van der Waals surface area contributed by atoms with Crippen LogP contribution >= 0.6 is 0 Å². The molecule has 1 rings (SSSR count). The van der Waals surface area contributed by atoms with Crippen molar-refractivity contribution in [2.24, 2.45) is 0 Å². The maximum atomic E-state index is 10.7. The zero-order valence-corrected chi connectivity index (χ0v) is 8.21. The summed E-state index contributed by atoms with van der Waals surface area (Å²) < 4.78 is 9.45. The van der Waals surface area contributed by atoms with E-state index in [0.717, 1.165) is 0 Å². The molecule has 0 fully saturated rings. The maximum Gasteiger partial charge on any atom is 0.488 e. The van der Waals surface area contributed by atoms with Gasteiger partial charge in [-0.3, -0.25) is 0 Å². The first-order chi connectivity index (χ1) is 7.13. The quantitative estimate of drug-likeness (QED) is 0.488. The summed E-state index contributed by atoms with van der Waals surface area (Å²) in [6, 6.07) is 6.07. The summed E-state index contributed by atoms with van der Waals surface area (Å²) >= 11 is 0. The Morgan fingerprint density at radius 2 is 1.93 bits per heavy atom. The van der Waals surface area contributed by atoms with Crippen LogP contribution in [0.5, 0.6) is 5.75 Å². The van der Waals surface area contributed by atoms with Crippen LogP contribution in [0.15, 0.2) is 24.3 Å². The number of ether oxygens (including phenoxy) is 2. The number of hydrogen-bond donors (Lipinski definition) is 2. The van der Waals surface area contributed by atoms with Crippen molar-refractivity contribution in [1.29, 1.82) is 0 Å². The molecule has 0 aliphatic heterocycles. The van der Waals surface area contributed by atoms with Gasteiger partial charge in [0.05, 0.1) is 7.11 Å². The Labute approximate surface area is 87.4 Å². The number of carbonyl (C=O) groups is 1. The summed E-state index contributed by atoms with van der Waals surface area (Å²) in [4.78, 5) is 10.7. The molecule has 0 aliphatic rings. The Kier molecular flexibility index (Phi) is 4.14. The first kappa shape index (κ1) is 11.5. The highest BCUT2D eigenvalue weighted by Gasteiger charge is 2.10. The highest BCUT2D eigenvalue weighted by molar-refractivity contribution is 6.58. The molecule has 2 N–H and O–H groups in total. The van der Waals surface area contributed by atoms with E-state index >= 15 is 0 Å². The van der Waals surface area contributed by atoms with Crippen LogP contribution in [0.3, 0.4) is 0 Å². The van der Waals surface area contributed by atoms with Gasteiger partial charge in [0.1, 0.15) is 5.75 Å². The smallest absolute Gasteiger partial charge is 0.482 e. The molecule has 0 heterocycles. The molecule has 15 heavy (non-hydrogen) atoms. The van der Waals surface area contributed by atoms with Gasteiger partial charge in [0.15, 0.2) is 6.61 Å². The summed E-state index contributed by atoms with van der Waals surface area (Å²) in [5.41, 5.74) is 0.361. The second kappa shape index (κ2) is 5.38. The molecule has 0 aromatic heterocycles. The van der Waals surface area contributed by atoms with E-state index in [9.17, 15) is 4.79 Å². The Morgan fingerprint density at radius 3 is 2.40 bits per heavy atom. The summed E-state index contributed by atoms with van der Waals surface area (Å²) in [5, 5.41) is 17.6. The molecule has 1 aromatic rings. The largest absolute Gasteiger partial charge is 0.488 e. The van der Waals surface area contributed by atoms with Crippen LogP contribution in [0, 0.1) is 0 Å². The molecule has 0 saturated carbocycles. The molecular weight excluding hydrogens is 199 g/mol. The molecule has 1 aromatic carbocycles. The normalized spacial score (nSPS) is 9.53. The number of esters is 1. The highest BCUT2D eigenvalue weighted by Crippen LogP contribution is 2.07. The minimum absolute atomic E-state index is 0.169. The van der Waals surface area contributed by atoms with Gasteiger partial charge in [-0.1, -0.05) is 12.1 Å². The molecule has 0 saturated heterocycles. The first-order valence-electron chi connectivity index (χ1n) is 4.29. The molecular formula is C9H11BO5. The van der Waals surface area contributed by atoms with Crippen LogP contribution in [0.25, 0.3) is 0 Å². The third kappa shape index (κ3) is 3.61. The average Bonchev–Trinajstić information content (AvgIpc) is 2.26. The molecule has 0 spiro atoms. The number of hydrogen-bond acceptors (Lipinski definition) is 5. The van der Waals surface area contributed by atoms with Crippen LogP contribution in [-0.2, 0) is 9.53 Å². The van der Waals surface area contributed by atoms with E-state index in [1.165, 1.54) is 31.4 Å². The lowest BCUT2D eigenvalue weighted by molar-refractivity contribution is -0.142. The van der Waals surface area contributed by atoms with Crippen molar-refractivity contribution < 1.29 is 24.3 Å². The fourth-order valence-electron chi connectivity index (χ4n) is 0.937. The Hall–Kier alpha value is -1.53. The van der Waals surface area contributed by atoms with E-state index in [4.69, 9.17) is 14.8 Å². The molecule has 80 valence electrons. The topological polar surface area (TPSA) is 76.0 Å². The lowest BCUT2D eigenvalue weighted by Crippen LogP contribution is -2.29. The Bertz CT molecular complexity index is 322. The molecule has 0 bridgehead atoms. The summed E-state index contributed by atoms with van der Waals surface area (Å²) in [5.74, 6) is -0.00827. The molecule has 6 heteroatoms. The minimum atomic E-state index is -1.50. The highest BCUT2D eigenvalue weighted by atomic mass is 16.6. The van der Waals surface area contributed by atoms with Crippen molar-refractivity contribution in [2.75, 3.05) is 13.7 Å². The van der Waals surface area contributed by atoms with Gasteiger partial charge in [-0.2, -0.15) is 0 Å². The van der Waals surface area contributed by atoms with E-state index in [2.05, 4.69) is 4.74 Å². The van der Waals surface area contributed by atoms with Crippen LogP contribution in [-0.4, -0.2) is 36.9 Å². The van der Waals surface area contributed by atoms with Crippen molar-refractivity contribution >= 4 is 18.6 Å². The summed E-state index contributed by atoms with van der Waals surface area (Å²) in [7, 11) is -0.226. The van der Waals surface area contributed by atoms with E-state index in [0.29, 0.717) is 11.2 Å². The molecule has 5 nitrogen and oxygen atoms in total. The van der Waals surface area contributed by atoms with Gasteiger partial charge in [0.25, 0.3) is 0 Å². The van der Waals surface area contributed by atoms with E-state index in [-0.39, 0.29) is 6.61 Å². The van der Waals surface area contributed by atoms with Gasteiger partial charge in [-0.15, -0.1) is 0 Å². The van der Waals surface area contributed by atoms with Crippen LogP contribution in [0.1, 0.15) is 0 Å². The van der Waals surface area contributed by atoms with Crippen molar-refractivity contribution in [2.45, 2.75) is 0 Å².